The lowest BCUT2D eigenvalue weighted by molar-refractivity contribution is 0.165. The van der Waals surface area contributed by atoms with E-state index in [1.165, 1.54) is 19.4 Å². The van der Waals surface area contributed by atoms with Gasteiger partial charge in [-0.1, -0.05) is 16.3 Å². The second-order valence-corrected chi connectivity index (χ2v) is 4.36. The average Bonchev–Trinajstić information content (AvgIpc) is 1.95. The fourth-order valence-corrected chi connectivity index (χ4v) is 2.35. The molecule has 2 nitrogen and oxygen atoms in total. The SMILES string of the molecule is CC1CCC(COP)N(P)C1. The van der Waals surface area contributed by atoms with Crippen molar-refractivity contribution in [1.82, 2.24) is 4.67 Å². The van der Waals surface area contributed by atoms with Crippen molar-refractivity contribution in [3.05, 3.63) is 0 Å². The Bertz CT molecular complexity index is 123. The largest absolute Gasteiger partial charge is 0.364 e. The molecule has 11 heavy (non-hydrogen) atoms. The van der Waals surface area contributed by atoms with Gasteiger partial charge in [0.2, 0.25) is 0 Å². The van der Waals surface area contributed by atoms with E-state index in [4.69, 9.17) is 4.52 Å². The van der Waals surface area contributed by atoms with Crippen LogP contribution in [0.15, 0.2) is 0 Å². The summed E-state index contributed by atoms with van der Waals surface area (Å²) in [6.07, 6.45) is 2.60. The quantitative estimate of drug-likeness (QED) is 0.619. The van der Waals surface area contributed by atoms with Gasteiger partial charge in [0, 0.05) is 22.1 Å². The molecule has 0 aromatic rings. The Morgan fingerprint density at radius 2 is 2.27 bits per heavy atom. The van der Waals surface area contributed by atoms with Crippen LogP contribution in [-0.4, -0.2) is 23.9 Å². The number of hydrogen-bond donors (Lipinski definition) is 0. The minimum absolute atomic E-state index is 0.605. The molecule has 0 bridgehead atoms. The van der Waals surface area contributed by atoms with Crippen molar-refractivity contribution in [2.24, 2.45) is 5.92 Å². The van der Waals surface area contributed by atoms with Crippen molar-refractivity contribution in [2.75, 3.05) is 13.2 Å². The first-order valence-electron chi connectivity index (χ1n) is 4.07. The van der Waals surface area contributed by atoms with Gasteiger partial charge >= 0.3 is 0 Å². The van der Waals surface area contributed by atoms with Crippen molar-refractivity contribution in [1.29, 1.82) is 0 Å². The van der Waals surface area contributed by atoms with Crippen molar-refractivity contribution in [3.63, 3.8) is 0 Å². The van der Waals surface area contributed by atoms with Gasteiger partial charge in [-0.3, -0.25) is 4.67 Å². The molecule has 1 aliphatic heterocycles. The van der Waals surface area contributed by atoms with Crippen LogP contribution >= 0.6 is 18.9 Å². The van der Waals surface area contributed by atoms with Crippen LogP contribution in [0.1, 0.15) is 19.8 Å². The first-order chi connectivity index (χ1) is 5.24. The predicted molar refractivity (Wildman–Crippen MR) is 54.3 cm³/mol. The zero-order valence-corrected chi connectivity index (χ0v) is 9.30. The van der Waals surface area contributed by atoms with E-state index in [0.717, 1.165) is 12.5 Å². The highest BCUT2D eigenvalue weighted by molar-refractivity contribution is 7.13. The second-order valence-electron chi connectivity index (χ2n) is 3.37. The molecule has 1 aliphatic rings. The van der Waals surface area contributed by atoms with Crippen LogP contribution in [-0.2, 0) is 4.52 Å². The maximum absolute atomic E-state index is 5.05. The molecule has 0 amide bonds. The summed E-state index contributed by atoms with van der Waals surface area (Å²) < 4.78 is 7.37. The maximum Gasteiger partial charge on any atom is 0.0660 e. The molecule has 4 atom stereocenters. The average molecular weight is 193 g/mol. The van der Waals surface area contributed by atoms with Gasteiger partial charge in [-0.15, -0.1) is 0 Å². The lowest BCUT2D eigenvalue weighted by Gasteiger charge is -2.34. The van der Waals surface area contributed by atoms with Crippen LogP contribution in [0.3, 0.4) is 0 Å². The minimum atomic E-state index is 0.605. The van der Waals surface area contributed by atoms with Gasteiger partial charge in [0.15, 0.2) is 0 Å². The molecule has 0 aromatic heterocycles. The highest BCUT2D eigenvalue weighted by Crippen LogP contribution is 2.24. The summed E-state index contributed by atoms with van der Waals surface area (Å²) in [4.78, 5) is 0. The fraction of sp³-hybridized carbons (Fsp3) is 1.00. The fourth-order valence-electron chi connectivity index (χ4n) is 1.53. The molecular weight excluding hydrogens is 176 g/mol. The van der Waals surface area contributed by atoms with Gasteiger partial charge in [0.1, 0.15) is 0 Å². The van der Waals surface area contributed by atoms with E-state index in [2.05, 4.69) is 30.5 Å². The third-order valence-electron chi connectivity index (χ3n) is 2.27. The first kappa shape index (κ1) is 9.86. The third kappa shape index (κ3) is 2.95. The molecule has 0 spiro atoms. The molecule has 1 rings (SSSR count). The Hall–Kier alpha value is 0.780. The van der Waals surface area contributed by atoms with Crippen molar-refractivity contribution >= 4 is 18.9 Å². The number of nitrogens with zero attached hydrogens (tertiary/aromatic N) is 1. The molecule has 0 N–H and O–H groups in total. The summed E-state index contributed by atoms with van der Waals surface area (Å²) in [6.45, 7) is 4.32. The standard InChI is InChI=1S/C7H17NOP2/c1-6-2-3-7(5-9-11)8(10)4-6/h6-7H,2-5,10-11H2,1H3. The van der Waals surface area contributed by atoms with E-state index < -0.39 is 0 Å². The van der Waals surface area contributed by atoms with E-state index in [1.807, 2.05) is 0 Å². The maximum atomic E-state index is 5.05. The predicted octanol–water partition coefficient (Wildman–Crippen LogP) is 1.68. The molecule has 4 unspecified atom stereocenters. The zero-order valence-electron chi connectivity index (χ0n) is 6.99. The molecule has 0 aromatic carbocycles. The Labute approximate surface area is 73.6 Å². The summed E-state index contributed by atoms with van der Waals surface area (Å²) >= 11 is 0. The summed E-state index contributed by atoms with van der Waals surface area (Å²) in [6, 6.07) is 0.605. The van der Waals surface area contributed by atoms with Crippen LogP contribution in [0, 0.1) is 5.92 Å². The van der Waals surface area contributed by atoms with Crippen LogP contribution in [0.2, 0.25) is 0 Å². The Morgan fingerprint density at radius 1 is 1.55 bits per heavy atom. The summed E-state index contributed by atoms with van der Waals surface area (Å²) in [7, 11) is 5.10. The Balaban J connectivity index is 2.31. The summed E-state index contributed by atoms with van der Waals surface area (Å²) in [5.74, 6) is 0.841. The molecule has 1 heterocycles. The van der Waals surface area contributed by atoms with E-state index in [1.54, 1.807) is 0 Å². The topological polar surface area (TPSA) is 12.5 Å². The van der Waals surface area contributed by atoms with E-state index in [0.29, 0.717) is 6.04 Å². The van der Waals surface area contributed by atoms with Gasteiger partial charge < -0.3 is 4.52 Å². The Morgan fingerprint density at radius 3 is 2.82 bits per heavy atom. The molecule has 1 saturated heterocycles. The molecule has 0 saturated carbocycles. The highest BCUT2D eigenvalue weighted by Gasteiger charge is 2.22. The monoisotopic (exact) mass is 193 g/mol. The number of piperidine rings is 1. The van der Waals surface area contributed by atoms with Crippen molar-refractivity contribution in [2.45, 2.75) is 25.8 Å². The zero-order chi connectivity index (χ0) is 8.27. The van der Waals surface area contributed by atoms with E-state index >= 15 is 0 Å². The molecular formula is C7H17NOP2. The molecule has 1 fully saturated rings. The smallest absolute Gasteiger partial charge is 0.0660 e. The first-order valence-corrected chi connectivity index (χ1v) is 5.06. The molecule has 0 aliphatic carbocycles. The van der Waals surface area contributed by atoms with Gasteiger partial charge in [0.25, 0.3) is 0 Å². The van der Waals surface area contributed by atoms with Crippen molar-refractivity contribution < 1.29 is 4.52 Å². The number of hydrogen-bond acceptors (Lipinski definition) is 2. The van der Waals surface area contributed by atoms with E-state index in [-0.39, 0.29) is 0 Å². The molecule has 4 heteroatoms. The summed E-state index contributed by atoms with van der Waals surface area (Å²) in [5, 5.41) is 0. The van der Waals surface area contributed by atoms with Gasteiger partial charge in [-0.05, 0) is 18.8 Å². The molecule has 66 valence electrons. The van der Waals surface area contributed by atoms with E-state index in [9.17, 15) is 0 Å². The lowest BCUT2D eigenvalue weighted by atomic mass is 9.97. The third-order valence-corrected chi connectivity index (χ3v) is 3.10. The van der Waals surface area contributed by atoms with Crippen LogP contribution in [0.25, 0.3) is 0 Å². The second kappa shape index (κ2) is 4.72. The lowest BCUT2D eigenvalue weighted by Crippen LogP contribution is -2.38. The van der Waals surface area contributed by atoms with Crippen LogP contribution in [0.4, 0.5) is 0 Å². The van der Waals surface area contributed by atoms with Gasteiger partial charge in [-0.2, -0.15) is 0 Å². The minimum Gasteiger partial charge on any atom is -0.364 e. The highest BCUT2D eigenvalue weighted by atomic mass is 31.0. The molecule has 0 radical (unpaired) electrons. The van der Waals surface area contributed by atoms with Crippen LogP contribution < -0.4 is 0 Å². The summed E-state index contributed by atoms with van der Waals surface area (Å²) in [5.41, 5.74) is 0. The normalized spacial score (nSPS) is 34.1. The van der Waals surface area contributed by atoms with Gasteiger partial charge in [-0.25, -0.2) is 0 Å². The van der Waals surface area contributed by atoms with Crippen molar-refractivity contribution in [3.8, 4) is 0 Å². The van der Waals surface area contributed by atoms with Crippen LogP contribution in [0.5, 0.6) is 0 Å². The van der Waals surface area contributed by atoms with Gasteiger partial charge in [0.05, 0.1) is 6.61 Å². The Kier molecular flexibility index (Phi) is 4.23. The number of rotatable bonds is 2.